The molecule has 0 aromatic carbocycles. The maximum absolute atomic E-state index is 11.6. The fraction of sp³-hybridized carbons (Fsp3) is 0.909. The van der Waals surface area contributed by atoms with Crippen molar-refractivity contribution in [2.45, 2.75) is 83.4 Å². The Kier molecular flexibility index (Phi) is 10.6. The van der Waals surface area contributed by atoms with Gasteiger partial charge in [0.05, 0.1) is 12.6 Å². The van der Waals surface area contributed by atoms with E-state index in [-0.39, 0.29) is 29.9 Å². The molecule has 1 aliphatic heterocycles. The van der Waals surface area contributed by atoms with Gasteiger partial charge in [0.1, 0.15) is 0 Å². The zero-order valence-electron chi connectivity index (χ0n) is 19.0. The summed E-state index contributed by atoms with van der Waals surface area (Å²) in [5.41, 5.74) is 0.293. The van der Waals surface area contributed by atoms with Crippen LogP contribution in [-0.2, 0) is 9.53 Å². The Morgan fingerprint density at radius 2 is 1.83 bits per heavy atom. The lowest BCUT2D eigenvalue weighted by Crippen LogP contribution is -2.67. The lowest BCUT2D eigenvalue weighted by Gasteiger charge is -2.58. The Morgan fingerprint density at radius 3 is 2.43 bits per heavy atom. The van der Waals surface area contributed by atoms with Crippen molar-refractivity contribution in [2.75, 3.05) is 39.8 Å². The van der Waals surface area contributed by atoms with Gasteiger partial charge >= 0.3 is 0 Å². The van der Waals surface area contributed by atoms with Crippen molar-refractivity contribution < 1.29 is 9.53 Å². The lowest BCUT2D eigenvalue weighted by atomic mass is 9.55. The van der Waals surface area contributed by atoms with E-state index in [1.165, 1.54) is 32.1 Å². The number of aliphatic imine (C=N–C) groups is 1. The minimum absolute atomic E-state index is 0. The normalized spacial score (nSPS) is 27.1. The molecule has 3 fully saturated rings. The fourth-order valence-electron chi connectivity index (χ4n) is 5.43. The number of ether oxygens (including phenoxy) is 1. The molecule has 3 rings (SSSR count). The van der Waals surface area contributed by atoms with Gasteiger partial charge in [-0.05, 0) is 46.0 Å². The smallest absolute Gasteiger partial charge is 0.233 e. The van der Waals surface area contributed by atoms with E-state index < -0.39 is 0 Å². The second kappa shape index (κ2) is 12.4. The van der Waals surface area contributed by atoms with Crippen LogP contribution in [0.3, 0.4) is 0 Å². The van der Waals surface area contributed by atoms with E-state index in [1.54, 1.807) is 7.05 Å². The van der Waals surface area contributed by atoms with Crippen molar-refractivity contribution in [3.05, 3.63) is 0 Å². The van der Waals surface area contributed by atoms with Gasteiger partial charge in [-0.25, -0.2) is 0 Å². The van der Waals surface area contributed by atoms with E-state index in [2.05, 4.69) is 34.7 Å². The molecule has 0 aromatic rings. The van der Waals surface area contributed by atoms with Crippen LogP contribution in [0.15, 0.2) is 4.99 Å². The number of nitrogens with zero attached hydrogens (tertiary/aromatic N) is 2. The summed E-state index contributed by atoms with van der Waals surface area (Å²) in [6.07, 6.45) is 10.1. The second-order valence-electron chi connectivity index (χ2n) is 8.86. The summed E-state index contributed by atoms with van der Waals surface area (Å²) in [5.74, 6) is 1.06. The monoisotopic (exact) mass is 535 g/mol. The second-order valence-corrected chi connectivity index (χ2v) is 8.86. The summed E-state index contributed by atoms with van der Waals surface area (Å²) in [7, 11) is 1.70. The van der Waals surface area contributed by atoms with Gasteiger partial charge < -0.3 is 20.7 Å². The number of likely N-dealkylation sites (N-methyl/N-ethyl adjacent to an activating group) is 1. The van der Waals surface area contributed by atoms with Crippen molar-refractivity contribution in [3.8, 4) is 0 Å². The summed E-state index contributed by atoms with van der Waals surface area (Å²) in [6, 6.07) is 0.879. The molecule has 0 bridgehead atoms. The number of nitrogens with one attached hydrogen (secondary N) is 3. The third kappa shape index (κ3) is 6.22. The van der Waals surface area contributed by atoms with Gasteiger partial charge in [0, 0.05) is 50.8 Å². The molecule has 2 atom stereocenters. The average Bonchev–Trinajstić information content (AvgIpc) is 2.75. The van der Waals surface area contributed by atoms with Crippen LogP contribution in [0, 0.1) is 5.41 Å². The highest BCUT2D eigenvalue weighted by molar-refractivity contribution is 14.0. The van der Waals surface area contributed by atoms with Crippen LogP contribution >= 0.6 is 24.0 Å². The third-order valence-electron chi connectivity index (χ3n) is 7.14. The van der Waals surface area contributed by atoms with Gasteiger partial charge in [0.25, 0.3) is 0 Å². The van der Waals surface area contributed by atoms with Crippen LogP contribution < -0.4 is 16.0 Å². The molecule has 174 valence electrons. The lowest BCUT2D eigenvalue weighted by molar-refractivity contribution is -0.145. The molecule has 1 saturated heterocycles. The molecule has 1 spiro atoms. The molecule has 30 heavy (non-hydrogen) atoms. The summed E-state index contributed by atoms with van der Waals surface area (Å²) in [5, 5.41) is 10.2. The van der Waals surface area contributed by atoms with Crippen LogP contribution in [0.2, 0.25) is 0 Å². The molecular weight excluding hydrogens is 493 g/mol. The largest absolute Gasteiger partial charge is 0.378 e. The van der Waals surface area contributed by atoms with Crippen LogP contribution in [0.25, 0.3) is 0 Å². The molecular formula is C22H42IN5O2. The van der Waals surface area contributed by atoms with Gasteiger partial charge in [-0.3, -0.25) is 14.7 Å². The summed E-state index contributed by atoms with van der Waals surface area (Å²) >= 11 is 0. The van der Waals surface area contributed by atoms with Crippen molar-refractivity contribution in [3.63, 3.8) is 0 Å². The quantitative estimate of drug-likeness (QED) is 0.265. The first kappa shape index (κ1) is 25.6. The number of guanidine groups is 1. The maximum Gasteiger partial charge on any atom is 0.233 e. The number of rotatable bonds is 7. The highest BCUT2D eigenvalue weighted by Crippen LogP contribution is 2.53. The summed E-state index contributed by atoms with van der Waals surface area (Å²) in [6.45, 7) is 8.19. The molecule has 3 N–H and O–H groups in total. The van der Waals surface area contributed by atoms with E-state index in [0.29, 0.717) is 30.1 Å². The molecule has 1 heterocycles. The number of likely N-dealkylation sites (tertiary alicyclic amines) is 1. The number of hydrogen-bond acceptors (Lipinski definition) is 4. The molecule has 7 nitrogen and oxygen atoms in total. The molecule has 1 amide bonds. The van der Waals surface area contributed by atoms with Gasteiger partial charge in [0.15, 0.2) is 5.96 Å². The van der Waals surface area contributed by atoms with E-state index in [9.17, 15) is 4.79 Å². The number of halogens is 1. The Balaban J connectivity index is 0.00000320. The van der Waals surface area contributed by atoms with Crippen LogP contribution in [0.4, 0.5) is 0 Å². The van der Waals surface area contributed by atoms with Crippen LogP contribution in [-0.4, -0.2) is 74.8 Å². The third-order valence-corrected chi connectivity index (χ3v) is 7.14. The Labute approximate surface area is 199 Å². The predicted molar refractivity (Wildman–Crippen MR) is 133 cm³/mol. The number of piperidine rings is 1. The molecule has 2 unspecified atom stereocenters. The standard InChI is InChI=1S/C22H41N5O2.HI/c1-4-24-21(25-17-9-13-27(14-10-17)16-20(28)23-3)26-18-15-19(29-5-2)22(18)11-7-6-8-12-22;/h17-19H,4-16H2,1-3H3,(H,23,28)(H2,24,25,26);1H. The first-order valence-electron chi connectivity index (χ1n) is 11.7. The fourth-order valence-corrected chi connectivity index (χ4v) is 5.43. The van der Waals surface area contributed by atoms with Gasteiger partial charge in [-0.15, -0.1) is 24.0 Å². The van der Waals surface area contributed by atoms with Gasteiger partial charge in [-0.1, -0.05) is 19.3 Å². The molecule has 3 aliphatic rings. The van der Waals surface area contributed by atoms with Gasteiger partial charge in [0.2, 0.25) is 5.91 Å². The highest BCUT2D eigenvalue weighted by Gasteiger charge is 2.55. The molecule has 2 saturated carbocycles. The van der Waals surface area contributed by atoms with Crippen LogP contribution in [0.1, 0.15) is 65.2 Å². The zero-order valence-corrected chi connectivity index (χ0v) is 21.4. The van der Waals surface area contributed by atoms with Crippen molar-refractivity contribution in [1.82, 2.24) is 20.9 Å². The number of carbonyl (C=O) groups excluding carboxylic acids is 1. The maximum atomic E-state index is 11.6. The Morgan fingerprint density at radius 1 is 1.13 bits per heavy atom. The van der Waals surface area contributed by atoms with Crippen LogP contribution in [0.5, 0.6) is 0 Å². The van der Waals surface area contributed by atoms with Crippen molar-refractivity contribution >= 4 is 35.8 Å². The first-order valence-corrected chi connectivity index (χ1v) is 11.7. The van der Waals surface area contributed by atoms with E-state index in [1.807, 2.05) is 0 Å². The van der Waals surface area contributed by atoms with Crippen molar-refractivity contribution in [2.24, 2.45) is 10.4 Å². The van der Waals surface area contributed by atoms with E-state index >= 15 is 0 Å². The van der Waals surface area contributed by atoms with Gasteiger partial charge in [-0.2, -0.15) is 0 Å². The predicted octanol–water partition coefficient (Wildman–Crippen LogP) is 2.50. The first-order chi connectivity index (χ1) is 14.1. The number of carbonyl (C=O) groups is 1. The summed E-state index contributed by atoms with van der Waals surface area (Å²) in [4.78, 5) is 18.6. The Hall–Kier alpha value is -0.610. The van der Waals surface area contributed by atoms with Crippen molar-refractivity contribution in [1.29, 1.82) is 0 Å². The minimum Gasteiger partial charge on any atom is -0.378 e. The summed E-state index contributed by atoms with van der Waals surface area (Å²) < 4.78 is 6.11. The molecule has 0 aromatic heterocycles. The van der Waals surface area contributed by atoms with E-state index in [0.717, 1.165) is 51.5 Å². The molecule has 0 radical (unpaired) electrons. The average molecular weight is 536 g/mol. The number of amides is 1. The minimum atomic E-state index is 0. The Bertz CT molecular complexity index is 560. The zero-order chi connectivity index (χ0) is 20.7. The number of hydrogen-bond donors (Lipinski definition) is 3. The molecule has 8 heteroatoms. The SMILES string of the molecule is CCN=C(NC1CCN(CC(=O)NC)CC1)NC1CC(OCC)C12CCCCC2.I. The molecule has 2 aliphatic carbocycles. The topological polar surface area (TPSA) is 78.0 Å². The highest BCUT2D eigenvalue weighted by atomic mass is 127. The van der Waals surface area contributed by atoms with E-state index in [4.69, 9.17) is 9.73 Å².